The van der Waals surface area contributed by atoms with Crippen LogP contribution in [-0.4, -0.2) is 23.9 Å². The van der Waals surface area contributed by atoms with E-state index in [9.17, 15) is 5.11 Å². The Kier molecular flexibility index (Phi) is 6.47. The lowest BCUT2D eigenvalue weighted by molar-refractivity contribution is 0.155. The van der Waals surface area contributed by atoms with Gasteiger partial charge < -0.3 is 15.2 Å². The van der Waals surface area contributed by atoms with Crippen LogP contribution in [-0.2, 0) is 6.54 Å². The molecule has 0 aromatic heterocycles. The highest BCUT2D eigenvalue weighted by Crippen LogP contribution is 2.23. The molecule has 18 heavy (non-hydrogen) atoms. The molecule has 1 aromatic rings. The molecule has 0 fully saturated rings. The average molecular weight is 272 g/mol. The van der Waals surface area contributed by atoms with Crippen LogP contribution in [0.15, 0.2) is 18.2 Å². The molecule has 0 radical (unpaired) electrons. The van der Waals surface area contributed by atoms with Crippen LogP contribution >= 0.6 is 11.6 Å². The van der Waals surface area contributed by atoms with E-state index in [2.05, 4.69) is 19.2 Å². The Morgan fingerprint density at radius 2 is 2.06 bits per heavy atom. The van der Waals surface area contributed by atoms with Crippen LogP contribution in [0.4, 0.5) is 0 Å². The average Bonchev–Trinajstić information content (AvgIpc) is 2.28. The summed E-state index contributed by atoms with van der Waals surface area (Å²) in [5.41, 5.74) is 1.04. The van der Waals surface area contributed by atoms with E-state index in [1.807, 2.05) is 18.2 Å². The first-order chi connectivity index (χ1) is 8.49. The monoisotopic (exact) mass is 271 g/mol. The second kappa shape index (κ2) is 7.62. The Labute approximate surface area is 114 Å². The van der Waals surface area contributed by atoms with Gasteiger partial charge in [0.2, 0.25) is 0 Å². The van der Waals surface area contributed by atoms with Gasteiger partial charge in [0.1, 0.15) is 5.75 Å². The SMILES string of the molecule is CC(O)CCOc1ccc(Cl)cc1CNC(C)C. The first-order valence-electron chi connectivity index (χ1n) is 6.31. The van der Waals surface area contributed by atoms with Crippen LogP contribution in [0.1, 0.15) is 32.8 Å². The standard InChI is InChI=1S/C14H22ClNO2/c1-10(2)16-9-12-8-13(15)4-5-14(12)18-7-6-11(3)17/h4-5,8,10-11,16-17H,6-7,9H2,1-3H3. The molecule has 0 saturated heterocycles. The van der Waals surface area contributed by atoms with Crippen LogP contribution in [0.3, 0.4) is 0 Å². The number of aliphatic hydroxyl groups excluding tert-OH is 1. The summed E-state index contributed by atoms with van der Waals surface area (Å²) < 4.78 is 5.68. The molecule has 1 aromatic carbocycles. The molecule has 0 saturated carbocycles. The lowest BCUT2D eigenvalue weighted by Crippen LogP contribution is -2.22. The Morgan fingerprint density at radius 1 is 1.33 bits per heavy atom. The zero-order valence-corrected chi connectivity index (χ0v) is 12.0. The first kappa shape index (κ1) is 15.3. The number of benzene rings is 1. The van der Waals surface area contributed by atoms with E-state index in [0.29, 0.717) is 24.1 Å². The molecule has 0 amide bonds. The molecule has 0 aliphatic carbocycles. The van der Waals surface area contributed by atoms with Crippen molar-refractivity contribution < 1.29 is 9.84 Å². The summed E-state index contributed by atoms with van der Waals surface area (Å²) in [7, 11) is 0. The number of ether oxygens (including phenoxy) is 1. The Balaban J connectivity index is 2.64. The molecule has 4 heteroatoms. The summed E-state index contributed by atoms with van der Waals surface area (Å²) >= 11 is 5.99. The van der Waals surface area contributed by atoms with Gasteiger partial charge in [-0.05, 0) is 25.1 Å². The number of rotatable bonds is 7. The molecule has 0 bridgehead atoms. The highest BCUT2D eigenvalue weighted by atomic mass is 35.5. The fourth-order valence-corrected chi connectivity index (χ4v) is 1.68. The molecule has 1 atom stereocenters. The van der Waals surface area contributed by atoms with Gasteiger partial charge in [-0.25, -0.2) is 0 Å². The van der Waals surface area contributed by atoms with E-state index in [1.165, 1.54) is 0 Å². The Hall–Kier alpha value is -0.770. The van der Waals surface area contributed by atoms with Gasteiger partial charge in [0.25, 0.3) is 0 Å². The summed E-state index contributed by atoms with van der Waals surface area (Å²) in [5.74, 6) is 0.827. The van der Waals surface area contributed by atoms with Gasteiger partial charge in [0, 0.05) is 29.6 Å². The van der Waals surface area contributed by atoms with Gasteiger partial charge in [0.05, 0.1) is 12.7 Å². The third-order valence-corrected chi connectivity index (χ3v) is 2.75. The van der Waals surface area contributed by atoms with Gasteiger partial charge in [-0.3, -0.25) is 0 Å². The molecular weight excluding hydrogens is 250 g/mol. The molecule has 1 unspecified atom stereocenters. The van der Waals surface area contributed by atoms with Crippen molar-refractivity contribution >= 4 is 11.6 Å². The summed E-state index contributed by atoms with van der Waals surface area (Å²) in [4.78, 5) is 0. The minimum absolute atomic E-state index is 0.338. The largest absolute Gasteiger partial charge is 0.493 e. The molecule has 2 N–H and O–H groups in total. The van der Waals surface area contributed by atoms with Crippen LogP contribution in [0.2, 0.25) is 5.02 Å². The predicted molar refractivity (Wildman–Crippen MR) is 75.2 cm³/mol. The van der Waals surface area contributed by atoms with Crippen molar-refractivity contribution in [1.29, 1.82) is 0 Å². The Morgan fingerprint density at radius 3 is 2.67 bits per heavy atom. The van der Waals surface area contributed by atoms with Crippen LogP contribution < -0.4 is 10.1 Å². The normalized spacial score (nSPS) is 12.8. The third-order valence-electron chi connectivity index (χ3n) is 2.52. The van der Waals surface area contributed by atoms with Crippen molar-refractivity contribution in [2.24, 2.45) is 0 Å². The molecule has 0 aliphatic rings. The topological polar surface area (TPSA) is 41.5 Å². The summed E-state index contributed by atoms with van der Waals surface area (Å²) in [6.07, 6.45) is 0.286. The number of hydrogen-bond donors (Lipinski definition) is 2. The maximum atomic E-state index is 9.21. The van der Waals surface area contributed by atoms with Gasteiger partial charge in [-0.1, -0.05) is 25.4 Å². The number of nitrogens with one attached hydrogen (secondary N) is 1. The number of halogens is 1. The molecule has 0 spiro atoms. The van der Waals surface area contributed by atoms with Crippen LogP contribution in [0.5, 0.6) is 5.75 Å². The van der Waals surface area contributed by atoms with Crippen molar-refractivity contribution in [2.45, 2.75) is 45.9 Å². The minimum Gasteiger partial charge on any atom is -0.493 e. The third kappa shape index (κ3) is 5.71. The van der Waals surface area contributed by atoms with E-state index < -0.39 is 0 Å². The molecule has 0 aliphatic heterocycles. The quantitative estimate of drug-likeness (QED) is 0.801. The van der Waals surface area contributed by atoms with E-state index in [-0.39, 0.29) is 6.10 Å². The van der Waals surface area contributed by atoms with E-state index >= 15 is 0 Å². The second-order valence-electron chi connectivity index (χ2n) is 4.77. The molecule has 1 rings (SSSR count). The van der Waals surface area contributed by atoms with Crippen LogP contribution in [0.25, 0.3) is 0 Å². The summed E-state index contributed by atoms with van der Waals surface area (Å²) in [6, 6.07) is 6.02. The molecule has 0 heterocycles. The van der Waals surface area contributed by atoms with Gasteiger partial charge in [-0.2, -0.15) is 0 Å². The molecule has 3 nitrogen and oxygen atoms in total. The zero-order chi connectivity index (χ0) is 13.5. The van der Waals surface area contributed by atoms with E-state index in [0.717, 1.165) is 17.9 Å². The zero-order valence-electron chi connectivity index (χ0n) is 11.2. The second-order valence-corrected chi connectivity index (χ2v) is 5.21. The molecule has 102 valence electrons. The predicted octanol–water partition coefficient (Wildman–Crippen LogP) is 2.99. The fourth-order valence-electron chi connectivity index (χ4n) is 1.48. The van der Waals surface area contributed by atoms with Crippen molar-refractivity contribution in [3.63, 3.8) is 0 Å². The van der Waals surface area contributed by atoms with Gasteiger partial charge >= 0.3 is 0 Å². The smallest absolute Gasteiger partial charge is 0.123 e. The number of hydrogen-bond acceptors (Lipinski definition) is 3. The van der Waals surface area contributed by atoms with Crippen LogP contribution in [0, 0.1) is 0 Å². The molecular formula is C14H22ClNO2. The Bertz CT molecular complexity index is 367. The lowest BCUT2D eigenvalue weighted by Gasteiger charge is -2.14. The lowest BCUT2D eigenvalue weighted by atomic mass is 10.2. The first-order valence-corrected chi connectivity index (χ1v) is 6.69. The highest BCUT2D eigenvalue weighted by molar-refractivity contribution is 6.30. The van der Waals surface area contributed by atoms with Gasteiger partial charge in [-0.15, -0.1) is 0 Å². The van der Waals surface area contributed by atoms with Crippen molar-refractivity contribution in [3.8, 4) is 5.75 Å². The van der Waals surface area contributed by atoms with Crippen molar-refractivity contribution in [2.75, 3.05) is 6.61 Å². The minimum atomic E-state index is -0.338. The highest BCUT2D eigenvalue weighted by Gasteiger charge is 2.06. The van der Waals surface area contributed by atoms with Gasteiger partial charge in [0.15, 0.2) is 0 Å². The maximum absolute atomic E-state index is 9.21. The van der Waals surface area contributed by atoms with Crippen molar-refractivity contribution in [3.05, 3.63) is 28.8 Å². The summed E-state index contributed by atoms with van der Waals surface area (Å²) in [5, 5.41) is 13.3. The van der Waals surface area contributed by atoms with E-state index in [1.54, 1.807) is 6.92 Å². The number of aliphatic hydroxyl groups is 1. The maximum Gasteiger partial charge on any atom is 0.123 e. The van der Waals surface area contributed by atoms with Crippen molar-refractivity contribution in [1.82, 2.24) is 5.32 Å². The fraction of sp³-hybridized carbons (Fsp3) is 0.571. The summed E-state index contributed by atoms with van der Waals surface area (Å²) in [6.45, 7) is 7.18. The van der Waals surface area contributed by atoms with E-state index in [4.69, 9.17) is 16.3 Å².